The fraction of sp³-hybridized carbons (Fsp3) is 0.333. The Hall–Kier alpha value is -1.53. The standard InChI is InChI=1S/C12H16N4OS/c1-16-11(7-13)14-15-12(16)18-8-9-4-3-5-10(6-9)17-2/h3-6H,7-8,13H2,1-2H3. The third-order valence-electron chi connectivity index (χ3n) is 2.61. The van der Waals surface area contributed by atoms with Crippen molar-refractivity contribution in [2.45, 2.75) is 17.5 Å². The van der Waals surface area contributed by atoms with E-state index in [9.17, 15) is 0 Å². The molecule has 0 aliphatic carbocycles. The van der Waals surface area contributed by atoms with Crippen LogP contribution in [0.15, 0.2) is 29.4 Å². The first-order valence-corrected chi connectivity index (χ1v) is 6.57. The molecule has 1 aromatic heterocycles. The Kier molecular flexibility index (Phi) is 4.22. The molecule has 5 nitrogen and oxygen atoms in total. The molecule has 0 spiro atoms. The van der Waals surface area contributed by atoms with Crippen molar-refractivity contribution in [3.63, 3.8) is 0 Å². The first-order chi connectivity index (χ1) is 8.74. The Balaban J connectivity index is 2.04. The molecular weight excluding hydrogens is 248 g/mol. The number of aromatic nitrogens is 3. The molecule has 0 amide bonds. The Morgan fingerprint density at radius 3 is 2.89 bits per heavy atom. The first kappa shape index (κ1) is 12.9. The first-order valence-electron chi connectivity index (χ1n) is 5.58. The third-order valence-corrected chi connectivity index (χ3v) is 3.70. The zero-order valence-corrected chi connectivity index (χ0v) is 11.3. The summed E-state index contributed by atoms with van der Waals surface area (Å²) in [5, 5.41) is 9.00. The zero-order chi connectivity index (χ0) is 13.0. The van der Waals surface area contributed by atoms with E-state index in [4.69, 9.17) is 10.5 Å². The van der Waals surface area contributed by atoms with Crippen molar-refractivity contribution in [1.82, 2.24) is 14.8 Å². The van der Waals surface area contributed by atoms with E-state index < -0.39 is 0 Å². The fourth-order valence-electron chi connectivity index (χ4n) is 1.56. The maximum absolute atomic E-state index is 5.56. The van der Waals surface area contributed by atoms with Gasteiger partial charge in [-0.15, -0.1) is 10.2 Å². The molecule has 0 aliphatic rings. The highest BCUT2D eigenvalue weighted by Crippen LogP contribution is 2.23. The van der Waals surface area contributed by atoms with Crippen molar-refractivity contribution in [3.05, 3.63) is 35.7 Å². The number of nitrogens with two attached hydrogens (primary N) is 1. The van der Waals surface area contributed by atoms with Gasteiger partial charge < -0.3 is 15.0 Å². The van der Waals surface area contributed by atoms with Crippen molar-refractivity contribution in [2.24, 2.45) is 12.8 Å². The molecule has 2 N–H and O–H groups in total. The van der Waals surface area contributed by atoms with Crippen LogP contribution in [0.2, 0.25) is 0 Å². The molecule has 18 heavy (non-hydrogen) atoms. The second kappa shape index (κ2) is 5.88. The SMILES string of the molecule is COc1cccc(CSc2nnc(CN)n2C)c1. The largest absolute Gasteiger partial charge is 0.497 e. The molecule has 0 atom stereocenters. The monoisotopic (exact) mass is 264 g/mol. The second-order valence-corrected chi connectivity index (χ2v) is 4.74. The van der Waals surface area contributed by atoms with Gasteiger partial charge in [-0.2, -0.15) is 0 Å². The third kappa shape index (κ3) is 2.83. The van der Waals surface area contributed by atoms with Gasteiger partial charge in [0.25, 0.3) is 0 Å². The number of methoxy groups -OCH3 is 1. The molecule has 0 unspecified atom stereocenters. The van der Waals surface area contributed by atoms with Crippen molar-refractivity contribution in [1.29, 1.82) is 0 Å². The maximum atomic E-state index is 5.56. The molecule has 1 aromatic carbocycles. The number of benzene rings is 1. The van der Waals surface area contributed by atoms with Gasteiger partial charge in [-0.1, -0.05) is 23.9 Å². The van der Waals surface area contributed by atoms with Crippen LogP contribution in [0.25, 0.3) is 0 Å². The average molecular weight is 264 g/mol. The van der Waals surface area contributed by atoms with E-state index in [0.717, 1.165) is 22.5 Å². The molecule has 96 valence electrons. The van der Waals surface area contributed by atoms with Crippen LogP contribution in [0.3, 0.4) is 0 Å². The molecule has 0 saturated heterocycles. The Bertz CT molecular complexity index is 527. The molecule has 0 radical (unpaired) electrons. The summed E-state index contributed by atoms with van der Waals surface area (Å²) in [7, 11) is 3.60. The highest BCUT2D eigenvalue weighted by Gasteiger charge is 2.07. The van der Waals surface area contributed by atoms with Crippen LogP contribution in [0.4, 0.5) is 0 Å². The molecule has 1 heterocycles. The molecule has 0 fully saturated rings. The Labute approximate surface area is 110 Å². The number of ether oxygens (including phenoxy) is 1. The van der Waals surface area contributed by atoms with Crippen LogP contribution in [-0.2, 0) is 19.3 Å². The second-order valence-electron chi connectivity index (χ2n) is 3.80. The van der Waals surface area contributed by atoms with Gasteiger partial charge in [0.2, 0.25) is 0 Å². The van der Waals surface area contributed by atoms with Crippen molar-refractivity contribution < 1.29 is 4.74 Å². The predicted octanol–water partition coefficient (Wildman–Crippen LogP) is 1.57. The van der Waals surface area contributed by atoms with E-state index >= 15 is 0 Å². The van der Waals surface area contributed by atoms with Gasteiger partial charge in [-0.3, -0.25) is 0 Å². The highest BCUT2D eigenvalue weighted by atomic mass is 32.2. The summed E-state index contributed by atoms with van der Waals surface area (Å²) >= 11 is 1.63. The van der Waals surface area contributed by atoms with Gasteiger partial charge in [-0.25, -0.2) is 0 Å². The summed E-state index contributed by atoms with van der Waals surface area (Å²) in [6.45, 7) is 0.406. The normalized spacial score (nSPS) is 10.6. The molecular formula is C12H16N4OS. The zero-order valence-electron chi connectivity index (χ0n) is 10.5. The lowest BCUT2D eigenvalue weighted by Crippen LogP contribution is -2.05. The number of thioether (sulfide) groups is 1. The van der Waals surface area contributed by atoms with Crippen molar-refractivity contribution in [3.8, 4) is 5.75 Å². The minimum Gasteiger partial charge on any atom is -0.497 e. The lowest BCUT2D eigenvalue weighted by Gasteiger charge is -2.04. The minimum absolute atomic E-state index is 0.406. The smallest absolute Gasteiger partial charge is 0.191 e. The molecule has 0 saturated carbocycles. The summed E-state index contributed by atoms with van der Waals surface area (Å²) in [6.07, 6.45) is 0. The van der Waals surface area contributed by atoms with Crippen molar-refractivity contribution >= 4 is 11.8 Å². The number of nitrogens with zero attached hydrogens (tertiary/aromatic N) is 3. The van der Waals surface area contributed by atoms with Gasteiger partial charge in [-0.05, 0) is 17.7 Å². The number of rotatable bonds is 5. The van der Waals surface area contributed by atoms with E-state index in [1.165, 1.54) is 5.56 Å². The van der Waals surface area contributed by atoms with Gasteiger partial charge in [0.05, 0.1) is 13.7 Å². The van der Waals surface area contributed by atoms with Gasteiger partial charge in [0.1, 0.15) is 11.6 Å². The minimum atomic E-state index is 0.406. The summed E-state index contributed by atoms with van der Waals surface area (Å²) in [5.74, 6) is 2.49. The van der Waals surface area contributed by atoms with E-state index in [1.807, 2.05) is 29.8 Å². The predicted molar refractivity (Wildman–Crippen MR) is 71.4 cm³/mol. The average Bonchev–Trinajstić information content (AvgIpc) is 2.77. The Morgan fingerprint density at radius 2 is 2.22 bits per heavy atom. The van der Waals surface area contributed by atoms with Crippen LogP contribution < -0.4 is 10.5 Å². The van der Waals surface area contributed by atoms with Crippen molar-refractivity contribution in [2.75, 3.05) is 7.11 Å². The van der Waals surface area contributed by atoms with Gasteiger partial charge in [0, 0.05) is 12.8 Å². The van der Waals surface area contributed by atoms with E-state index in [2.05, 4.69) is 16.3 Å². The Morgan fingerprint density at radius 1 is 1.39 bits per heavy atom. The van der Waals surface area contributed by atoms with E-state index in [-0.39, 0.29) is 0 Å². The molecule has 0 bridgehead atoms. The highest BCUT2D eigenvalue weighted by molar-refractivity contribution is 7.98. The van der Waals surface area contributed by atoms with Crippen LogP contribution in [0.1, 0.15) is 11.4 Å². The lowest BCUT2D eigenvalue weighted by molar-refractivity contribution is 0.414. The summed E-state index contributed by atoms with van der Waals surface area (Å²) < 4.78 is 7.11. The summed E-state index contributed by atoms with van der Waals surface area (Å²) in [5.41, 5.74) is 6.75. The number of hydrogen-bond donors (Lipinski definition) is 1. The van der Waals surface area contributed by atoms with Crippen LogP contribution >= 0.6 is 11.8 Å². The fourth-order valence-corrected chi connectivity index (χ4v) is 2.43. The molecule has 2 aromatic rings. The molecule has 2 rings (SSSR count). The molecule has 6 heteroatoms. The summed E-state index contributed by atoms with van der Waals surface area (Å²) in [6, 6.07) is 8.00. The summed E-state index contributed by atoms with van der Waals surface area (Å²) in [4.78, 5) is 0. The van der Waals surface area contributed by atoms with Crippen LogP contribution in [0, 0.1) is 0 Å². The quantitative estimate of drug-likeness (QED) is 0.830. The van der Waals surface area contributed by atoms with E-state index in [0.29, 0.717) is 6.54 Å². The van der Waals surface area contributed by atoms with Crippen LogP contribution in [-0.4, -0.2) is 21.9 Å². The lowest BCUT2D eigenvalue weighted by atomic mass is 10.2. The number of hydrogen-bond acceptors (Lipinski definition) is 5. The van der Waals surface area contributed by atoms with Gasteiger partial charge >= 0.3 is 0 Å². The van der Waals surface area contributed by atoms with Crippen LogP contribution in [0.5, 0.6) is 5.75 Å². The van der Waals surface area contributed by atoms with Gasteiger partial charge in [0.15, 0.2) is 5.16 Å². The molecule has 0 aliphatic heterocycles. The topological polar surface area (TPSA) is 66.0 Å². The maximum Gasteiger partial charge on any atom is 0.191 e. The van der Waals surface area contributed by atoms with E-state index in [1.54, 1.807) is 18.9 Å².